The second-order valence-electron chi connectivity index (χ2n) is 3.33. The van der Waals surface area contributed by atoms with Gasteiger partial charge in [-0.25, -0.2) is 0 Å². The number of carbonyl (C=O) groups excluding carboxylic acids is 1. The van der Waals surface area contributed by atoms with Gasteiger partial charge in [-0.2, -0.15) is 0 Å². The second-order valence-corrected chi connectivity index (χ2v) is 3.65. The number of hydrogen-bond acceptors (Lipinski definition) is 1. The second kappa shape index (κ2) is 4.70. The van der Waals surface area contributed by atoms with Crippen LogP contribution >= 0.6 is 11.6 Å². The lowest BCUT2D eigenvalue weighted by Crippen LogP contribution is -2.38. The molecule has 12 heavy (non-hydrogen) atoms. The molecule has 0 unspecified atom stereocenters. The first kappa shape index (κ1) is 9.85. The first-order valence-electron chi connectivity index (χ1n) is 4.71. The van der Waals surface area contributed by atoms with E-state index in [9.17, 15) is 4.79 Å². The van der Waals surface area contributed by atoms with Crippen LogP contribution < -0.4 is 0 Å². The van der Waals surface area contributed by atoms with E-state index in [4.69, 9.17) is 11.6 Å². The van der Waals surface area contributed by atoms with Crippen LogP contribution in [0.4, 0.5) is 4.79 Å². The average molecular weight is 190 g/mol. The molecule has 0 aromatic carbocycles. The van der Waals surface area contributed by atoms with Gasteiger partial charge in [-0.3, -0.25) is 4.79 Å². The van der Waals surface area contributed by atoms with Crippen LogP contribution in [-0.4, -0.2) is 22.9 Å². The lowest BCUT2D eigenvalue weighted by Gasteiger charge is -2.31. The van der Waals surface area contributed by atoms with Crippen molar-refractivity contribution in [3.05, 3.63) is 0 Å². The number of nitrogens with zero attached hydrogens (tertiary/aromatic N) is 1. The molecule has 0 aliphatic heterocycles. The normalized spacial score (nSPS) is 19.2. The number of rotatable bonds is 2. The highest BCUT2D eigenvalue weighted by atomic mass is 35.5. The zero-order valence-electron chi connectivity index (χ0n) is 7.55. The molecule has 1 saturated carbocycles. The van der Waals surface area contributed by atoms with Crippen LogP contribution in [0, 0.1) is 0 Å². The minimum absolute atomic E-state index is 0.288. The predicted molar refractivity (Wildman–Crippen MR) is 50.5 cm³/mol. The minimum atomic E-state index is -0.288. The number of hydrogen-bond donors (Lipinski definition) is 0. The Morgan fingerprint density at radius 3 is 2.42 bits per heavy atom. The van der Waals surface area contributed by atoms with Crippen LogP contribution in [0.3, 0.4) is 0 Å². The maximum atomic E-state index is 11.0. The third kappa shape index (κ3) is 2.37. The van der Waals surface area contributed by atoms with Crippen molar-refractivity contribution in [1.82, 2.24) is 4.90 Å². The molecule has 2 nitrogen and oxygen atoms in total. The summed E-state index contributed by atoms with van der Waals surface area (Å²) in [5.74, 6) is 0. The van der Waals surface area contributed by atoms with Gasteiger partial charge >= 0.3 is 5.37 Å². The molecule has 3 heteroatoms. The van der Waals surface area contributed by atoms with E-state index in [0.29, 0.717) is 6.04 Å². The van der Waals surface area contributed by atoms with E-state index in [1.54, 1.807) is 4.90 Å². The molecular weight excluding hydrogens is 174 g/mol. The van der Waals surface area contributed by atoms with Gasteiger partial charge in [-0.05, 0) is 31.4 Å². The fourth-order valence-corrected chi connectivity index (χ4v) is 2.18. The van der Waals surface area contributed by atoms with Crippen molar-refractivity contribution in [3.8, 4) is 0 Å². The summed E-state index contributed by atoms with van der Waals surface area (Å²) < 4.78 is 0. The van der Waals surface area contributed by atoms with Crippen molar-refractivity contribution in [2.24, 2.45) is 0 Å². The van der Waals surface area contributed by atoms with E-state index in [1.165, 1.54) is 19.3 Å². The van der Waals surface area contributed by atoms with Crippen LogP contribution in [0.15, 0.2) is 0 Å². The number of halogens is 1. The molecule has 70 valence electrons. The van der Waals surface area contributed by atoms with E-state index in [0.717, 1.165) is 19.4 Å². The molecule has 1 fully saturated rings. The molecule has 0 N–H and O–H groups in total. The maximum absolute atomic E-state index is 11.0. The molecule has 0 heterocycles. The molecule has 0 aromatic heterocycles. The molecular formula is C9H16ClNO. The molecule has 0 aromatic rings. The molecule has 0 saturated heterocycles. The Morgan fingerprint density at radius 1 is 1.42 bits per heavy atom. The average Bonchev–Trinajstić information content (AvgIpc) is 2.07. The number of carbonyl (C=O) groups is 1. The number of amides is 1. The van der Waals surface area contributed by atoms with Gasteiger partial charge in [0.2, 0.25) is 0 Å². The first-order chi connectivity index (χ1) is 5.75. The lowest BCUT2D eigenvalue weighted by molar-refractivity contribution is 0.181. The predicted octanol–water partition coefficient (Wildman–Crippen LogP) is 3.00. The largest absolute Gasteiger partial charge is 0.327 e. The van der Waals surface area contributed by atoms with Gasteiger partial charge in [-0.15, -0.1) is 0 Å². The van der Waals surface area contributed by atoms with E-state index in [-0.39, 0.29) is 5.37 Å². The van der Waals surface area contributed by atoms with Gasteiger partial charge in [0.05, 0.1) is 0 Å². The van der Waals surface area contributed by atoms with Crippen molar-refractivity contribution < 1.29 is 4.79 Å². The molecule has 0 bridgehead atoms. The molecule has 0 spiro atoms. The van der Waals surface area contributed by atoms with E-state index in [2.05, 4.69) is 0 Å². The lowest BCUT2D eigenvalue weighted by atomic mass is 9.94. The van der Waals surface area contributed by atoms with Crippen molar-refractivity contribution >= 4 is 17.0 Å². The highest BCUT2D eigenvalue weighted by Crippen LogP contribution is 2.23. The topological polar surface area (TPSA) is 20.3 Å². The van der Waals surface area contributed by atoms with Gasteiger partial charge in [0.15, 0.2) is 0 Å². The van der Waals surface area contributed by atoms with Crippen molar-refractivity contribution in [1.29, 1.82) is 0 Å². The fourth-order valence-electron chi connectivity index (χ4n) is 1.92. The third-order valence-corrected chi connectivity index (χ3v) is 2.80. The van der Waals surface area contributed by atoms with Gasteiger partial charge < -0.3 is 4.90 Å². The Bertz CT molecular complexity index is 155. The van der Waals surface area contributed by atoms with Crippen LogP contribution in [0.5, 0.6) is 0 Å². The fraction of sp³-hybridized carbons (Fsp3) is 0.889. The smallest absolute Gasteiger partial charge is 0.316 e. The van der Waals surface area contributed by atoms with Crippen LogP contribution in [-0.2, 0) is 0 Å². The Kier molecular flexibility index (Phi) is 3.86. The summed E-state index contributed by atoms with van der Waals surface area (Å²) in [4.78, 5) is 12.7. The van der Waals surface area contributed by atoms with Gasteiger partial charge in [-0.1, -0.05) is 19.3 Å². The summed E-state index contributed by atoms with van der Waals surface area (Å²) in [5.41, 5.74) is 0. The SMILES string of the molecule is CCN(C(=O)Cl)C1CCCCC1. The first-order valence-corrected chi connectivity index (χ1v) is 5.09. The highest BCUT2D eigenvalue weighted by Gasteiger charge is 2.22. The standard InChI is InChI=1S/C9H16ClNO/c1-2-11(9(10)12)8-6-4-3-5-7-8/h8H,2-7H2,1H3. The summed E-state index contributed by atoms with van der Waals surface area (Å²) >= 11 is 5.46. The monoisotopic (exact) mass is 189 g/mol. The Labute approximate surface area is 78.9 Å². The van der Waals surface area contributed by atoms with Crippen LogP contribution in [0.2, 0.25) is 0 Å². The van der Waals surface area contributed by atoms with Crippen molar-refractivity contribution in [3.63, 3.8) is 0 Å². The molecule has 1 rings (SSSR count). The highest BCUT2D eigenvalue weighted by molar-refractivity contribution is 6.62. The molecule has 1 aliphatic rings. The van der Waals surface area contributed by atoms with Crippen LogP contribution in [0.25, 0.3) is 0 Å². The maximum Gasteiger partial charge on any atom is 0.316 e. The zero-order valence-corrected chi connectivity index (χ0v) is 8.31. The van der Waals surface area contributed by atoms with E-state index in [1.807, 2.05) is 6.92 Å². The molecule has 0 radical (unpaired) electrons. The summed E-state index contributed by atoms with van der Waals surface area (Å²) in [6.45, 7) is 2.72. The summed E-state index contributed by atoms with van der Waals surface area (Å²) in [6.07, 6.45) is 6.06. The van der Waals surface area contributed by atoms with Gasteiger partial charge in [0.25, 0.3) is 0 Å². The quantitative estimate of drug-likeness (QED) is 0.483. The summed E-state index contributed by atoms with van der Waals surface area (Å²) in [5, 5.41) is -0.288. The van der Waals surface area contributed by atoms with Crippen molar-refractivity contribution in [2.75, 3.05) is 6.54 Å². The van der Waals surface area contributed by atoms with E-state index >= 15 is 0 Å². The molecule has 1 aliphatic carbocycles. The third-order valence-electron chi connectivity index (χ3n) is 2.58. The van der Waals surface area contributed by atoms with Crippen molar-refractivity contribution in [2.45, 2.75) is 45.1 Å². The summed E-state index contributed by atoms with van der Waals surface area (Å²) in [7, 11) is 0. The minimum Gasteiger partial charge on any atom is -0.327 e. The summed E-state index contributed by atoms with van der Waals surface area (Å²) in [6, 6.07) is 0.411. The molecule has 0 atom stereocenters. The van der Waals surface area contributed by atoms with Crippen LogP contribution in [0.1, 0.15) is 39.0 Å². The van der Waals surface area contributed by atoms with Gasteiger partial charge in [0.1, 0.15) is 0 Å². The molecule has 1 amide bonds. The Balaban J connectivity index is 2.46. The Hall–Kier alpha value is -0.240. The van der Waals surface area contributed by atoms with E-state index < -0.39 is 0 Å². The Morgan fingerprint density at radius 2 is 2.00 bits per heavy atom. The van der Waals surface area contributed by atoms with Gasteiger partial charge in [0, 0.05) is 12.6 Å². The zero-order chi connectivity index (χ0) is 8.97.